The molecule has 0 spiro atoms. The van der Waals surface area contributed by atoms with E-state index in [1.165, 1.54) is 6.92 Å². The number of carboxylic acid groups (broad SMARTS) is 1. The minimum atomic E-state index is -1.16. The number of hydrogen-bond acceptors (Lipinski definition) is 3. The number of hydrogen-bond donors (Lipinski definition) is 1. The van der Waals surface area contributed by atoms with Crippen molar-refractivity contribution in [2.75, 3.05) is 0 Å². The molecule has 0 saturated carbocycles. The van der Waals surface area contributed by atoms with Crippen molar-refractivity contribution in [2.24, 2.45) is 11.8 Å². The van der Waals surface area contributed by atoms with Gasteiger partial charge in [-0.2, -0.15) is 0 Å². The van der Waals surface area contributed by atoms with E-state index in [1.807, 2.05) is 13.8 Å². The van der Waals surface area contributed by atoms with Crippen LogP contribution in [0.4, 0.5) is 0 Å². The molecule has 0 aliphatic rings. The van der Waals surface area contributed by atoms with Gasteiger partial charge in [-0.25, -0.2) is 0 Å². The van der Waals surface area contributed by atoms with Gasteiger partial charge in [0.05, 0.1) is 6.10 Å². The minimum Gasteiger partial charge on any atom is -0.550 e. The molecule has 3 nitrogen and oxygen atoms in total. The summed E-state index contributed by atoms with van der Waals surface area (Å²) in [4.78, 5) is 10.4. The van der Waals surface area contributed by atoms with Crippen LogP contribution in [0.5, 0.6) is 0 Å². The van der Waals surface area contributed by atoms with E-state index in [-0.39, 0.29) is 5.92 Å². The van der Waals surface area contributed by atoms with Crippen LogP contribution in [0.1, 0.15) is 27.2 Å². The highest BCUT2D eigenvalue weighted by molar-refractivity contribution is 5.68. The van der Waals surface area contributed by atoms with E-state index < -0.39 is 18.0 Å². The Kier molecular flexibility index (Phi) is 4.11. The van der Waals surface area contributed by atoms with Crippen LogP contribution in [0.2, 0.25) is 0 Å². The summed E-state index contributed by atoms with van der Waals surface area (Å²) in [5.74, 6) is -1.61. The lowest BCUT2D eigenvalue weighted by molar-refractivity contribution is -0.314. The van der Waals surface area contributed by atoms with Gasteiger partial charge in [-0.05, 0) is 19.3 Å². The zero-order valence-electron chi connectivity index (χ0n) is 7.20. The molecule has 66 valence electrons. The SMILES string of the molecule is CC(C)CC(C(=O)[O-])C(C)O. The van der Waals surface area contributed by atoms with Crippen molar-refractivity contribution < 1.29 is 15.0 Å². The molecule has 0 fully saturated rings. The number of carboxylic acids is 1. The van der Waals surface area contributed by atoms with Crippen LogP contribution in [0.25, 0.3) is 0 Å². The zero-order chi connectivity index (χ0) is 9.02. The van der Waals surface area contributed by atoms with Crippen LogP contribution < -0.4 is 5.11 Å². The molecule has 3 heteroatoms. The monoisotopic (exact) mass is 159 g/mol. The molecule has 0 aromatic carbocycles. The number of carbonyl (C=O) groups excluding carboxylic acids is 1. The number of aliphatic hydroxyl groups excluding tert-OH is 1. The van der Waals surface area contributed by atoms with E-state index >= 15 is 0 Å². The molecule has 0 aromatic heterocycles. The van der Waals surface area contributed by atoms with Crippen molar-refractivity contribution in [3.8, 4) is 0 Å². The van der Waals surface area contributed by atoms with Crippen molar-refractivity contribution in [1.82, 2.24) is 0 Å². The first kappa shape index (κ1) is 10.4. The highest BCUT2D eigenvalue weighted by Crippen LogP contribution is 2.14. The molecule has 0 aromatic rings. The van der Waals surface area contributed by atoms with Gasteiger partial charge in [0.2, 0.25) is 0 Å². The fraction of sp³-hybridized carbons (Fsp3) is 0.875. The molecule has 1 N–H and O–H groups in total. The molecule has 11 heavy (non-hydrogen) atoms. The molecule has 0 aliphatic heterocycles. The topological polar surface area (TPSA) is 60.4 Å². The minimum absolute atomic E-state index is 0.271. The van der Waals surface area contributed by atoms with Crippen LogP contribution in [-0.2, 0) is 4.79 Å². The molecular weight excluding hydrogens is 144 g/mol. The number of aliphatic carboxylic acids is 1. The summed E-state index contributed by atoms with van der Waals surface area (Å²) in [7, 11) is 0. The first-order chi connectivity index (χ1) is 4.95. The Morgan fingerprint density at radius 2 is 1.91 bits per heavy atom. The normalized spacial score (nSPS) is 16.5. The van der Waals surface area contributed by atoms with E-state index in [0.29, 0.717) is 6.42 Å². The second-order valence-corrected chi connectivity index (χ2v) is 3.30. The van der Waals surface area contributed by atoms with Crippen molar-refractivity contribution in [3.05, 3.63) is 0 Å². The van der Waals surface area contributed by atoms with Crippen molar-refractivity contribution >= 4 is 5.97 Å². The maximum absolute atomic E-state index is 10.4. The highest BCUT2D eigenvalue weighted by Gasteiger charge is 2.17. The van der Waals surface area contributed by atoms with Gasteiger partial charge in [-0.1, -0.05) is 13.8 Å². The van der Waals surface area contributed by atoms with Gasteiger partial charge in [0.15, 0.2) is 0 Å². The van der Waals surface area contributed by atoms with Crippen molar-refractivity contribution in [1.29, 1.82) is 0 Å². The average molecular weight is 159 g/mol. The van der Waals surface area contributed by atoms with Gasteiger partial charge in [-0.3, -0.25) is 0 Å². The summed E-state index contributed by atoms with van der Waals surface area (Å²) in [6.45, 7) is 5.31. The average Bonchev–Trinajstić information content (AvgIpc) is 1.81. The van der Waals surface area contributed by atoms with Gasteiger partial charge >= 0.3 is 0 Å². The van der Waals surface area contributed by atoms with E-state index in [1.54, 1.807) is 0 Å². The van der Waals surface area contributed by atoms with Crippen molar-refractivity contribution in [3.63, 3.8) is 0 Å². The predicted molar refractivity (Wildman–Crippen MR) is 39.6 cm³/mol. The summed E-state index contributed by atoms with van der Waals surface area (Å²) in [5.41, 5.74) is 0. The van der Waals surface area contributed by atoms with Gasteiger partial charge in [0.25, 0.3) is 0 Å². The Balaban J connectivity index is 4.01. The number of rotatable bonds is 4. The number of carbonyl (C=O) groups is 1. The standard InChI is InChI=1S/C8H16O3/c1-5(2)4-7(6(3)9)8(10)11/h5-7,9H,4H2,1-3H3,(H,10,11)/p-1. The third-order valence-corrected chi connectivity index (χ3v) is 1.61. The molecule has 0 saturated heterocycles. The third kappa shape index (κ3) is 3.98. The third-order valence-electron chi connectivity index (χ3n) is 1.61. The van der Waals surface area contributed by atoms with Gasteiger partial charge in [0.1, 0.15) is 0 Å². The summed E-state index contributed by atoms with van der Waals surface area (Å²) in [6.07, 6.45) is -0.345. The molecular formula is C8H15O3-. The first-order valence-electron chi connectivity index (χ1n) is 3.84. The van der Waals surface area contributed by atoms with Crippen molar-refractivity contribution in [2.45, 2.75) is 33.3 Å². The van der Waals surface area contributed by atoms with Crippen LogP contribution in [-0.4, -0.2) is 17.2 Å². The number of aliphatic hydroxyl groups is 1. The second kappa shape index (κ2) is 4.34. The lowest BCUT2D eigenvalue weighted by Crippen LogP contribution is -2.38. The van der Waals surface area contributed by atoms with Gasteiger partial charge in [0, 0.05) is 11.9 Å². The lowest BCUT2D eigenvalue weighted by Gasteiger charge is -2.22. The predicted octanol–water partition coefficient (Wildman–Crippen LogP) is -0.221. The summed E-state index contributed by atoms with van der Waals surface area (Å²) in [5, 5.41) is 19.4. The molecule has 0 bridgehead atoms. The first-order valence-corrected chi connectivity index (χ1v) is 3.84. The fourth-order valence-corrected chi connectivity index (χ4v) is 0.998. The quantitative estimate of drug-likeness (QED) is 0.617. The van der Waals surface area contributed by atoms with E-state index in [2.05, 4.69) is 0 Å². The van der Waals surface area contributed by atoms with Gasteiger partial charge < -0.3 is 15.0 Å². The molecule has 2 atom stereocenters. The molecule has 2 unspecified atom stereocenters. The van der Waals surface area contributed by atoms with E-state index in [4.69, 9.17) is 5.11 Å². The molecule has 0 radical (unpaired) electrons. The maximum atomic E-state index is 10.4. The highest BCUT2D eigenvalue weighted by atomic mass is 16.4. The Morgan fingerprint density at radius 1 is 1.45 bits per heavy atom. The Hall–Kier alpha value is -0.570. The summed E-state index contributed by atoms with van der Waals surface area (Å²) in [6, 6.07) is 0. The zero-order valence-corrected chi connectivity index (χ0v) is 7.20. The lowest BCUT2D eigenvalue weighted by atomic mass is 9.93. The maximum Gasteiger partial charge on any atom is 0.0592 e. The van der Waals surface area contributed by atoms with Gasteiger partial charge in [-0.15, -0.1) is 0 Å². The fourth-order valence-electron chi connectivity index (χ4n) is 0.998. The summed E-state index contributed by atoms with van der Waals surface area (Å²) < 4.78 is 0. The molecule has 0 rings (SSSR count). The Labute approximate surface area is 67.0 Å². The Bertz CT molecular complexity index is 129. The van der Waals surface area contributed by atoms with E-state index in [0.717, 1.165) is 0 Å². The van der Waals surface area contributed by atoms with Crippen LogP contribution in [0.15, 0.2) is 0 Å². The van der Waals surface area contributed by atoms with E-state index in [9.17, 15) is 9.90 Å². The Morgan fingerprint density at radius 3 is 2.00 bits per heavy atom. The van der Waals surface area contributed by atoms with Crippen LogP contribution >= 0.6 is 0 Å². The molecule has 0 aliphatic carbocycles. The smallest absolute Gasteiger partial charge is 0.0592 e. The largest absolute Gasteiger partial charge is 0.550 e. The molecule has 0 heterocycles. The summed E-state index contributed by atoms with van der Waals surface area (Å²) >= 11 is 0. The van der Waals surface area contributed by atoms with Crippen LogP contribution in [0.3, 0.4) is 0 Å². The second-order valence-electron chi connectivity index (χ2n) is 3.30. The molecule has 0 amide bonds. The van der Waals surface area contributed by atoms with Crippen LogP contribution in [0, 0.1) is 11.8 Å².